The summed E-state index contributed by atoms with van der Waals surface area (Å²) in [6.45, 7) is 26.3. The fraction of sp³-hybridized carbons (Fsp3) is 0.559. The van der Waals surface area contributed by atoms with Gasteiger partial charge in [0.05, 0.1) is 14.2 Å². The molecule has 0 saturated heterocycles. The maximum atomic E-state index is 12.9. The number of ketones is 2. The molecular formula is C59H92O5. The lowest BCUT2D eigenvalue weighted by Crippen LogP contribution is -2.24. The predicted octanol–water partition coefficient (Wildman–Crippen LogP) is 17.0. The first kappa shape index (κ1) is 59.8. The summed E-state index contributed by atoms with van der Waals surface area (Å²) in [5.41, 5.74) is 15.5. The zero-order valence-corrected chi connectivity index (χ0v) is 43.3. The van der Waals surface area contributed by atoms with Gasteiger partial charge in [0, 0.05) is 11.1 Å². The smallest absolute Gasteiger partial charge is 0.228 e. The zero-order chi connectivity index (χ0) is 47.2. The highest BCUT2D eigenvalue weighted by Gasteiger charge is 2.34. The first-order valence-corrected chi connectivity index (χ1v) is 24.1. The molecule has 0 spiro atoms. The third-order valence-electron chi connectivity index (χ3n) is 12.1. The molecular weight excluding hydrogens is 789 g/mol. The number of hydrogen-bond acceptors (Lipinski definition) is 4. The second-order valence-electron chi connectivity index (χ2n) is 18.6. The summed E-state index contributed by atoms with van der Waals surface area (Å²) in [4.78, 5) is 25.5. The SMILES string of the molecule is COC1=C(OC)C(=O)C(C/C=C(\C)CC/C=C(\C)CC/C=C(\C)CC/C=C(\C)CC/C=C(\C)CC/C=C(\C)CC/C=C(\C)CC/C=C(\C)CC/C=C(\C)CCC=C(C)C)=C(C)C1=O.O. The molecule has 0 radical (unpaired) electrons. The normalized spacial score (nSPS) is 15.6. The Labute approximate surface area is 393 Å². The molecule has 64 heavy (non-hydrogen) atoms. The van der Waals surface area contributed by atoms with Crippen LogP contribution < -0.4 is 0 Å². The van der Waals surface area contributed by atoms with Gasteiger partial charge in [-0.05, 0) is 205 Å². The summed E-state index contributed by atoms with van der Waals surface area (Å²) < 4.78 is 10.3. The van der Waals surface area contributed by atoms with E-state index in [4.69, 9.17) is 9.47 Å². The topological polar surface area (TPSA) is 84.1 Å². The Hall–Kier alpha value is -4.22. The molecule has 1 aliphatic carbocycles. The van der Waals surface area contributed by atoms with Crippen molar-refractivity contribution in [2.24, 2.45) is 0 Å². The van der Waals surface area contributed by atoms with E-state index in [0.29, 0.717) is 17.6 Å². The fourth-order valence-corrected chi connectivity index (χ4v) is 7.59. The van der Waals surface area contributed by atoms with Gasteiger partial charge in [-0.1, -0.05) is 116 Å². The van der Waals surface area contributed by atoms with E-state index in [1.54, 1.807) is 6.92 Å². The van der Waals surface area contributed by atoms with Crippen LogP contribution in [0.5, 0.6) is 0 Å². The van der Waals surface area contributed by atoms with E-state index in [0.717, 1.165) is 96.3 Å². The van der Waals surface area contributed by atoms with Crippen molar-refractivity contribution in [3.05, 3.63) is 139 Å². The Bertz CT molecular complexity index is 1850. The molecule has 0 aromatic heterocycles. The van der Waals surface area contributed by atoms with Gasteiger partial charge < -0.3 is 14.9 Å². The molecule has 0 atom stereocenters. The van der Waals surface area contributed by atoms with Crippen LogP contribution in [-0.4, -0.2) is 31.3 Å². The molecule has 0 aromatic rings. The molecule has 0 aliphatic heterocycles. The molecule has 2 N–H and O–H groups in total. The molecule has 0 saturated carbocycles. The van der Waals surface area contributed by atoms with E-state index in [9.17, 15) is 9.59 Å². The highest BCUT2D eigenvalue weighted by atomic mass is 16.5. The van der Waals surface area contributed by atoms with E-state index in [2.05, 4.69) is 137 Å². The van der Waals surface area contributed by atoms with Crippen molar-refractivity contribution in [2.45, 2.75) is 205 Å². The standard InChI is InChI=1S/C59H90O4.H2O/c1-44(2)24-15-25-45(3)26-16-27-46(4)28-17-29-47(5)30-18-31-48(6)32-19-33-49(7)34-20-35-50(8)36-21-37-51(9)38-22-39-52(10)40-23-41-53(11)42-43-55-54(12)56(60)58(62-13)59(63-14)57(55)61;/h24,26,28,30,32,34,36,38,40,42H,15-23,25,27,29,31,33,35,37,39,41,43H2,1-14H3;1H2/b45-26+,46-28+,47-30+,48-32+,49-34+,50-36+,51-38+,52-40+,53-42+;. The van der Waals surface area contributed by atoms with Crippen molar-refractivity contribution >= 4 is 11.6 Å². The highest BCUT2D eigenvalue weighted by molar-refractivity contribution is 6.23. The first-order valence-electron chi connectivity index (χ1n) is 24.1. The molecule has 5 heteroatoms. The Balaban J connectivity index is 0.0000397. The first-order chi connectivity index (χ1) is 30.0. The molecule has 1 rings (SSSR count). The molecule has 0 amide bonds. The van der Waals surface area contributed by atoms with Crippen LogP contribution in [0.15, 0.2) is 139 Å². The van der Waals surface area contributed by atoms with Gasteiger partial charge in [-0.3, -0.25) is 9.59 Å². The van der Waals surface area contributed by atoms with Crippen molar-refractivity contribution in [1.29, 1.82) is 0 Å². The van der Waals surface area contributed by atoms with Gasteiger partial charge in [0.1, 0.15) is 0 Å². The Morgan fingerprint density at radius 3 is 0.812 bits per heavy atom. The van der Waals surface area contributed by atoms with E-state index < -0.39 is 0 Å². The van der Waals surface area contributed by atoms with Gasteiger partial charge in [0.25, 0.3) is 0 Å². The molecule has 0 aromatic carbocycles. The molecule has 1 aliphatic rings. The summed E-state index contributed by atoms with van der Waals surface area (Å²) in [6, 6.07) is 0. The van der Waals surface area contributed by atoms with Crippen molar-refractivity contribution < 1.29 is 24.5 Å². The lowest BCUT2D eigenvalue weighted by atomic mass is 9.90. The summed E-state index contributed by atoms with van der Waals surface area (Å²) in [5, 5.41) is 0. The van der Waals surface area contributed by atoms with Crippen LogP contribution in [-0.2, 0) is 19.1 Å². The summed E-state index contributed by atoms with van der Waals surface area (Å²) in [5.74, 6) is -0.572. The number of Topliss-reactive ketones (excluding diaryl/α,β-unsaturated/α-hetero) is 2. The van der Waals surface area contributed by atoms with Crippen LogP contribution in [0.1, 0.15) is 205 Å². The third-order valence-corrected chi connectivity index (χ3v) is 12.1. The highest BCUT2D eigenvalue weighted by Crippen LogP contribution is 2.28. The average Bonchev–Trinajstić information content (AvgIpc) is 3.21. The van der Waals surface area contributed by atoms with Crippen molar-refractivity contribution in [1.82, 2.24) is 0 Å². The zero-order valence-electron chi connectivity index (χ0n) is 43.3. The van der Waals surface area contributed by atoms with Gasteiger partial charge in [-0.15, -0.1) is 0 Å². The number of rotatable bonds is 31. The lowest BCUT2D eigenvalue weighted by Gasteiger charge is -2.19. The van der Waals surface area contributed by atoms with E-state index >= 15 is 0 Å². The average molecular weight is 881 g/mol. The van der Waals surface area contributed by atoms with Crippen LogP contribution in [0.3, 0.4) is 0 Å². The van der Waals surface area contributed by atoms with Gasteiger partial charge in [-0.25, -0.2) is 0 Å². The molecule has 5 nitrogen and oxygen atoms in total. The van der Waals surface area contributed by atoms with Crippen molar-refractivity contribution in [2.75, 3.05) is 14.2 Å². The van der Waals surface area contributed by atoms with Crippen molar-refractivity contribution in [3.63, 3.8) is 0 Å². The van der Waals surface area contributed by atoms with Crippen LogP contribution in [0.2, 0.25) is 0 Å². The summed E-state index contributed by atoms with van der Waals surface area (Å²) in [6.07, 6.45) is 44.3. The van der Waals surface area contributed by atoms with Crippen LogP contribution in [0.4, 0.5) is 0 Å². The number of carbonyl (C=O) groups excluding carboxylic acids is 2. The van der Waals surface area contributed by atoms with Gasteiger partial charge >= 0.3 is 0 Å². The van der Waals surface area contributed by atoms with E-state index in [1.165, 1.54) is 89.2 Å². The number of carbonyl (C=O) groups is 2. The molecule has 0 fully saturated rings. The monoisotopic (exact) mass is 881 g/mol. The minimum absolute atomic E-state index is 0. The van der Waals surface area contributed by atoms with Gasteiger partial charge in [-0.2, -0.15) is 0 Å². The Morgan fingerprint density at radius 2 is 0.578 bits per heavy atom. The summed E-state index contributed by atoms with van der Waals surface area (Å²) >= 11 is 0. The second-order valence-corrected chi connectivity index (χ2v) is 18.6. The summed E-state index contributed by atoms with van der Waals surface area (Å²) in [7, 11) is 2.78. The van der Waals surface area contributed by atoms with Crippen LogP contribution in [0, 0.1) is 0 Å². The van der Waals surface area contributed by atoms with E-state index in [1.807, 2.05) is 0 Å². The Morgan fingerprint density at radius 1 is 0.359 bits per heavy atom. The number of hydrogen-bond donors (Lipinski definition) is 0. The quantitative estimate of drug-likeness (QED) is 0.0513. The second kappa shape index (κ2) is 35.1. The number of allylic oxidation sites excluding steroid dienone is 22. The Kier molecular flexibility index (Phi) is 32.8. The predicted molar refractivity (Wildman–Crippen MR) is 278 cm³/mol. The lowest BCUT2D eigenvalue weighted by molar-refractivity contribution is -0.121. The van der Waals surface area contributed by atoms with E-state index in [-0.39, 0.29) is 28.6 Å². The number of ether oxygens (including phenoxy) is 2. The van der Waals surface area contributed by atoms with Gasteiger partial charge in [0.2, 0.25) is 23.1 Å². The maximum Gasteiger partial charge on any atom is 0.228 e. The molecule has 0 bridgehead atoms. The van der Waals surface area contributed by atoms with Crippen LogP contribution in [0.25, 0.3) is 0 Å². The van der Waals surface area contributed by atoms with Crippen molar-refractivity contribution in [3.8, 4) is 0 Å². The fourth-order valence-electron chi connectivity index (χ4n) is 7.59. The van der Waals surface area contributed by atoms with Crippen LogP contribution >= 0.6 is 0 Å². The number of methoxy groups -OCH3 is 2. The molecule has 0 unspecified atom stereocenters. The maximum absolute atomic E-state index is 12.9. The van der Waals surface area contributed by atoms with Gasteiger partial charge in [0.15, 0.2) is 0 Å². The largest absolute Gasteiger partial charge is 0.489 e. The molecule has 358 valence electrons. The molecule has 0 heterocycles. The minimum atomic E-state index is -0.284. The minimum Gasteiger partial charge on any atom is -0.489 e. The third kappa shape index (κ3) is 27.2.